The quantitative estimate of drug-likeness (QED) is 0.0278. The number of aliphatic imine (C=N–C) groups is 2. The number of carbonyl (C=O) groups excluding carboxylic acids is 1. The predicted molar refractivity (Wildman–Crippen MR) is 216 cm³/mol. The fraction of sp³-hybridized carbons (Fsp3) is 0.0541. The topological polar surface area (TPSA) is 305 Å². The van der Waals surface area contributed by atoms with Gasteiger partial charge in [-0.05, 0) is 108 Å². The van der Waals surface area contributed by atoms with E-state index in [1.807, 2.05) is 0 Å². The molecular formula is C37H30N8O11S2. The minimum absolute atomic E-state index is 0.0818. The van der Waals surface area contributed by atoms with Crippen LogP contribution in [0.4, 0.5) is 50.3 Å². The van der Waals surface area contributed by atoms with E-state index in [9.17, 15) is 51.2 Å². The maximum absolute atomic E-state index is 13.0. The average molecular weight is 827 g/mol. The number of azo groups is 2. The van der Waals surface area contributed by atoms with Crippen LogP contribution < -0.4 is 10.6 Å². The van der Waals surface area contributed by atoms with Gasteiger partial charge in [-0.25, -0.2) is 14.8 Å². The third kappa shape index (κ3) is 9.37. The molecule has 0 aromatic heterocycles. The molecule has 19 nitrogen and oxygen atoms in total. The Morgan fingerprint density at radius 3 is 1.19 bits per heavy atom. The monoisotopic (exact) mass is 826 g/mol. The number of hydrogen-bond acceptors (Lipinski definition) is 13. The van der Waals surface area contributed by atoms with Crippen LogP contribution in [0.5, 0.6) is 11.5 Å². The molecule has 0 spiro atoms. The molecule has 296 valence electrons. The van der Waals surface area contributed by atoms with Crippen molar-refractivity contribution in [3.05, 3.63) is 97.1 Å². The summed E-state index contributed by atoms with van der Waals surface area (Å²) in [5.41, 5.74) is 0.438. The molecule has 0 bridgehead atoms. The number of hydrogen-bond donors (Lipinski definition) is 8. The van der Waals surface area contributed by atoms with E-state index in [1.165, 1.54) is 98.8 Å². The van der Waals surface area contributed by atoms with Crippen molar-refractivity contribution < 1.29 is 51.2 Å². The Morgan fingerprint density at radius 2 is 0.862 bits per heavy atom. The largest absolute Gasteiger partial charge is 0.505 e. The molecule has 0 aliphatic carbocycles. The maximum Gasteiger partial charge on any atom is 0.323 e. The molecule has 6 aromatic rings. The van der Waals surface area contributed by atoms with Crippen LogP contribution in [0.2, 0.25) is 0 Å². The SMILES string of the molecule is CC(O)=Nc1ccc(N=Nc2c(S(=O)(=O)O)cc3cc(NC(=O)Nc4ccc5c(O)c(N=Nc6ccc(N=C(C)O)cc6)c(S(=O)(=O)O)cc5c4)ccc3c2O)cc1. The van der Waals surface area contributed by atoms with Crippen molar-refractivity contribution in [1.82, 2.24) is 0 Å². The highest BCUT2D eigenvalue weighted by molar-refractivity contribution is 7.86. The zero-order valence-electron chi connectivity index (χ0n) is 30.0. The lowest BCUT2D eigenvalue weighted by molar-refractivity contribution is 0.262. The zero-order valence-corrected chi connectivity index (χ0v) is 31.6. The molecule has 0 saturated carbocycles. The van der Waals surface area contributed by atoms with E-state index < -0.39 is 58.9 Å². The van der Waals surface area contributed by atoms with E-state index in [1.54, 1.807) is 0 Å². The number of rotatable bonds is 10. The van der Waals surface area contributed by atoms with Crippen molar-refractivity contribution in [2.45, 2.75) is 23.6 Å². The number of nitrogens with zero attached hydrogens (tertiary/aromatic N) is 6. The van der Waals surface area contributed by atoms with Crippen LogP contribution in [0, 0.1) is 0 Å². The number of fused-ring (bicyclic) bond motifs is 2. The molecule has 0 atom stereocenters. The van der Waals surface area contributed by atoms with E-state index in [2.05, 4.69) is 41.1 Å². The van der Waals surface area contributed by atoms with Gasteiger partial charge in [-0.2, -0.15) is 27.1 Å². The number of carbonyl (C=O) groups is 1. The van der Waals surface area contributed by atoms with Gasteiger partial charge in [0.2, 0.25) is 0 Å². The second kappa shape index (κ2) is 16.0. The number of aromatic hydroxyl groups is 2. The number of phenols is 2. The highest BCUT2D eigenvalue weighted by Crippen LogP contribution is 2.43. The van der Waals surface area contributed by atoms with Gasteiger partial charge in [-0.15, -0.1) is 10.2 Å². The summed E-state index contributed by atoms with van der Waals surface area (Å²) in [5.74, 6) is -1.59. The first-order chi connectivity index (χ1) is 27.3. The Bertz CT molecular complexity index is 2760. The third-order valence-electron chi connectivity index (χ3n) is 7.99. The lowest BCUT2D eigenvalue weighted by Gasteiger charge is -2.13. The van der Waals surface area contributed by atoms with Crippen LogP contribution in [0.3, 0.4) is 0 Å². The molecule has 58 heavy (non-hydrogen) atoms. The number of phenolic OH excluding ortho intramolecular Hbond substituents is 2. The number of aliphatic hydroxyl groups is 2. The van der Waals surface area contributed by atoms with Crippen molar-refractivity contribution in [3.8, 4) is 11.5 Å². The molecule has 0 heterocycles. The van der Waals surface area contributed by atoms with Crippen molar-refractivity contribution in [2.75, 3.05) is 10.6 Å². The normalized spacial score (nSPS) is 12.8. The molecule has 0 radical (unpaired) electrons. The molecule has 0 saturated heterocycles. The molecule has 0 unspecified atom stereocenters. The second-order valence-corrected chi connectivity index (χ2v) is 15.1. The van der Waals surface area contributed by atoms with Crippen LogP contribution in [0.1, 0.15) is 13.8 Å². The molecule has 0 aliphatic rings. The molecule has 0 aliphatic heterocycles. The summed E-state index contributed by atoms with van der Waals surface area (Å²) in [6.07, 6.45) is 0. The van der Waals surface area contributed by atoms with E-state index in [0.29, 0.717) is 11.4 Å². The summed E-state index contributed by atoms with van der Waals surface area (Å²) in [7, 11) is -9.92. The Labute approximate surface area is 328 Å². The average Bonchev–Trinajstić information content (AvgIpc) is 3.13. The zero-order chi connectivity index (χ0) is 41.9. The second-order valence-electron chi connectivity index (χ2n) is 12.3. The number of amides is 2. The summed E-state index contributed by atoms with van der Waals surface area (Å²) >= 11 is 0. The van der Waals surface area contributed by atoms with Crippen LogP contribution in [-0.4, -0.2) is 64.2 Å². The first-order valence-corrected chi connectivity index (χ1v) is 19.4. The van der Waals surface area contributed by atoms with Crippen molar-refractivity contribution >= 4 is 105 Å². The van der Waals surface area contributed by atoms with E-state index in [-0.39, 0.29) is 56.1 Å². The van der Waals surface area contributed by atoms with Crippen molar-refractivity contribution in [2.24, 2.45) is 30.4 Å². The predicted octanol–water partition coefficient (Wildman–Crippen LogP) is 9.59. The highest BCUT2D eigenvalue weighted by atomic mass is 32.2. The van der Waals surface area contributed by atoms with Gasteiger partial charge < -0.3 is 31.1 Å². The Morgan fingerprint density at radius 1 is 0.517 bits per heavy atom. The minimum atomic E-state index is -4.96. The van der Waals surface area contributed by atoms with Gasteiger partial charge in [-0.1, -0.05) is 0 Å². The Kier molecular flexibility index (Phi) is 11.1. The number of aliphatic hydroxyl groups excluding tert-OH is 2. The van der Waals surface area contributed by atoms with E-state index in [0.717, 1.165) is 12.1 Å². The van der Waals surface area contributed by atoms with Crippen LogP contribution in [0.15, 0.2) is 137 Å². The fourth-order valence-electron chi connectivity index (χ4n) is 5.52. The first kappa shape index (κ1) is 40.3. The van der Waals surface area contributed by atoms with Crippen LogP contribution in [0.25, 0.3) is 21.5 Å². The summed E-state index contributed by atoms with van der Waals surface area (Å²) in [4.78, 5) is 19.3. The fourth-order valence-corrected chi connectivity index (χ4v) is 6.83. The first-order valence-electron chi connectivity index (χ1n) is 16.5. The van der Waals surface area contributed by atoms with Gasteiger partial charge >= 0.3 is 6.03 Å². The summed E-state index contributed by atoms with van der Waals surface area (Å²) in [6, 6.07) is 21.4. The van der Waals surface area contributed by atoms with Gasteiger partial charge in [-0.3, -0.25) is 9.11 Å². The molecule has 2 amide bonds. The van der Waals surface area contributed by atoms with Gasteiger partial charge in [0.15, 0.2) is 23.3 Å². The van der Waals surface area contributed by atoms with Crippen molar-refractivity contribution in [3.63, 3.8) is 0 Å². The maximum atomic E-state index is 13.0. The summed E-state index contributed by atoms with van der Waals surface area (Å²) in [6.45, 7) is 2.78. The molecule has 21 heteroatoms. The van der Waals surface area contributed by atoms with Gasteiger partial charge in [0, 0.05) is 36.0 Å². The molecule has 6 aromatic carbocycles. The third-order valence-corrected chi connectivity index (χ3v) is 9.72. The standard InChI is InChI=1S/C37H30N8O11S2/c1-19(46)38-23-3-7-25(8-4-23)42-44-33-31(57(51,52)53)17-21-15-27(11-13-29(21)35(33)48)40-37(50)41-28-12-14-30-22(16-28)18-32(58(54,55)56)34(36(30)49)45-43-26-9-5-24(6-10-26)39-20(2)47/h3-18,48-49H,1-2H3,(H,38,46)(H,39,47)(H2,40,41,50)(H,51,52,53)(H,54,55,56). The lowest BCUT2D eigenvalue weighted by atomic mass is 10.1. The Hall–Kier alpha value is -7.33. The summed E-state index contributed by atoms with van der Waals surface area (Å²) in [5, 5.41) is 61.8. The number of anilines is 2. The lowest BCUT2D eigenvalue weighted by Crippen LogP contribution is -2.19. The Balaban J connectivity index is 1.24. The van der Waals surface area contributed by atoms with Gasteiger partial charge in [0.1, 0.15) is 21.2 Å². The molecule has 8 N–H and O–H groups in total. The summed E-state index contributed by atoms with van der Waals surface area (Å²) < 4.78 is 69.4. The molecule has 0 fully saturated rings. The van der Waals surface area contributed by atoms with Gasteiger partial charge in [0.25, 0.3) is 20.2 Å². The number of benzene rings is 6. The minimum Gasteiger partial charge on any atom is -0.505 e. The van der Waals surface area contributed by atoms with Crippen LogP contribution >= 0.6 is 0 Å². The van der Waals surface area contributed by atoms with Gasteiger partial charge in [0.05, 0.1) is 22.7 Å². The molecule has 6 rings (SSSR count). The van der Waals surface area contributed by atoms with Crippen molar-refractivity contribution in [1.29, 1.82) is 0 Å². The highest BCUT2D eigenvalue weighted by Gasteiger charge is 2.24. The number of urea groups is 1. The molecular weight excluding hydrogens is 797 g/mol. The van der Waals surface area contributed by atoms with Crippen LogP contribution in [-0.2, 0) is 20.2 Å². The number of nitrogens with one attached hydrogen (secondary N) is 2. The smallest absolute Gasteiger partial charge is 0.323 e. The van der Waals surface area contributed by atoms with E-state index in [4.69, 9.17) is 0 Å². The van der Waals surface area contributed by atoms with E-state index >= 15 is 0 Å².